The average molecular weight is 453 g/mol. The van der Waals surface area contributed by atoms with E-state index in [2.05, 4.69) is 9.62 Å². The van der Waals surface area contributed by atoms with Crippen molar-refractivity contribution in [3.8, 4) is 0 Å². The highest BCUT2D eigenvalue weighted by Crippen LogP contribution is 2.20. The van der Waals surface area contributed by atoms with Crippen LogP contribution in [0.1, 0.15) is 31.4 Å². The summed E-state index contributed by atoms with van der Waals surface area (Å²) in [6.07, 6.45) is 0.689. The molecule has 3 rings (SSSR count). The fourth-order valence-corrected chi connectivity index (χ4v) is 5.01. The smallest absolute Gasteiger partial charge is 0.240 e. The molecule has 0 aliphatic carbocycles. The number of hydrogen-bond acceptors (Lipinski definition) is 5. The zero-order valence-electron chi connectivity index (χ0n) is 17.1. The van der Waals surface area contributed by atoms with Crippen molar-refractivity contribution in [1.29, 1.82) is 0 Å². The van der Waals surface area contributed by atoms with Crippen LogP contribution in [0.25, 0.3) is 0 Å². The minimum atomic E-state index is -3.49. The molecule has 2 aromatic rings. The van der Waals surface area contributed by atoms with Gasteiger partial charge >= 0.3 is 0 Å². The normalized spacial score (nSPS) is 18.2. The fourth-order valence-electron chi connectivity index (χ4n) is 3.56. The van der Waals surface area contributed by atoms with E-state index in [1.165, 1.54) is 0 Å². The Bertz CT molecular complexity index is 885. The van der Waals surface area contributed by atoms with E-state index in [1.54, 1.807) is 30.3 Å². The summed E-state index contributed by atoms with van der Waals surface area (Å²) in [5.74, 6) is 0. The summed E-state index contributed by atoms with van der Waals surface area (Å²) in [7, 11) is -3.49. The van der Waals surface area contributed by atoms with Crippen LogP contribution >= 0.6 is 11.6 Å². The van der Waals surface area contributed by atoms with E-state index in [1.807, 2.05) is 31.2 Å². The Morgan fingerprint density at radius 2 is 1.77 bits per heavy atom. The lowest BCUT2D eigenvalue weighted by Gasteiger charge is -2.33. The topological polar surface area (TPSA) is 78.9 Å². The Morgan fingerprint density at radius 1 is 1.13 bits per heavy atom. The number of piperidine rings is 1. The van der Waals surface area contributed by atoms with Gasteiger partial charge in [-0.3, -0.25) is 0 Å². The van der Waals surface area contributed by atoms with Crippen molar-refractivity contribution in [1.82, 2.24) is 9.62 Å². The molecule has 8 heteroatoms. The first kappa shape index (κ1) is 23.2. The highest BCUT2D eigenvalue weighted by atomic mass is 35.5. The van der Waals surface area contributed by atoms with Gasteiger partial charge in [0.15, 0.2) is 0 Å². The fraction of sp³-hybridized carbons (Fsp3) is 0.455. The highest BCUT2D eigenvalue weighted by molar-refractivity contribution is 7.89. The molecule has 1 fully saturated rings. The molecule has 2 atom stereocenters. The Morgan fingerprint density at radius 3 is 2.40 bits per heavy atom. The summed E-state index contributed by atoms with van der Waals surface area (Å²) in [5.41, 5.74) is 1.01. The number of aliphatic hydroxyl groups is 1. The van der Waals surface area contributed by atoms with E-state index in [-0.39, 0.29) is 23.6 Å². The quantitative estimate of drug-likeness (QED) is 0.610. The van der Waals surface area contributed by atoms with Gasteiger partial charge in [-0.25, -0.2) is 13.1 Å². The summed E-state index contributed by atoms with van der Waals surface area (Å²) >= 11 is 5.90. The maximum atomic E-state index is 12.5. The molecular weight excluding hydrogens is 424 g/mol. The molecule has 164 valence electrons. The SMILES string of the molecule is C[C@@H](OC[C@H](O)CN1CCC(NS(=O)(=O)c2ccccc2)CC1)c1ccc(Cl)cc1. The molecule has 0 aromatic heterocycles. The highest BCUT2D eigenvalue weighted by Gasteiger charge is 2.25. The zero-order chi connectivity index (χ0) is 21.6. The van der Waals surface area contributed by atoms with E-state index in [0.29, 0.717) is 24.4 Å². The van der Waals surface area contributed by atoms with Crippen molar-refractivity contribution in [2.24, 2.45) is 0 Å². The van der Waals surface area contributed by atoms with Crippen LogP contribution in [0.15, 0.2) is 59.5 Å². The van der Waals surface area contributed by atoms with Crippen molar-refractivity contribution in [3.05, 3.63) is 65.2 Å². The van der Waals surface area contributed by atoms with Gasteiger partial charge in [0, 0.05) is 17.6 Å². The van der Waals surface area contributed by atoms with Crippen LogP contribution in [0.5, 0.6) is 0 Å². The number of sulfonamides is 1. The average Bonchev–Trinajstić information content (AvgIpc) is 2.74. The first-order valence-electron chi connectivity index (χ1n) is 10.2. The number of nitrogens with one attached hydrogen (secondary N) is 1. The van der Waals surface area contributed by atoms with E-state index in [4.69, 9.17) is 16.3 Å². The Kier molecular flexibility index (Phi) is 8.27. The lowest BCUT2D eigenvalue weighted by Crippen LogP contribution is -2.46. The van der Waals surface area contributed by atoms with Gasteiger partial charge in [0.2, 0.25) is 10.0 Å². The zero-order valence-corrected chi connectivity index (χ0v) is 18.6. The van der Waals surface area contributed by atoms with Crippen molar-refractivity contribution in [3.63, 3.8) is 0 Å². The number of ether oxygens (including phenoxy) is 1. The summed E-state index contributed by atoms with van der Waals surface area (Å²) in [5, 5.41) is 11.0. The van der Waals surface area contributed by atoms with Gasteiger partial charge in [0.25, 0.3) is 0 Å². The number of benzene rings is 2. The largest absolute Gasteiger partial charge is 0.389 e. The summed E-state index contributed by atoms with van der Waals surface area (Å²) in [6, 6.07) is 15.8. The molecular formula is C22H29ClN2O4S. The van der Waals surface area contributed by atoms with Gasteiger partial charge < -0.3 is 14.7 Å². The third-order valence-corrected chi connectivity index (χ3v) is 7.10. The lowest BCUT2D eigenvalue weighted by atomic mass is 10.1. The minimum absolute atomic E-state index is 0.0928. The molecule has 1 aliphatic heterocycles. The Labute approximate surface area is 183 Å². The number of likely N-dealkylation sites (tertiary alicyclic amines) is 1. The molecule has 0 amide bonds. The van der Waals surface area contributed by atoms with Crippen molar-refractivity contribution < 1.29 is 18.3 Å². The minimum Gasteiger partial charge on any atom is -0.389 e. The van der Waals surface area contributed by atoms with Crippen LogP contribution in [-0.2, 0) is 14.8 Å². The van der Waals surface area contributed by atoms with Gasteiger partial charge in [-0.1, -0.05) is 41.9 Å². The number of hydrogen-bond donors (Lipinski definition) is 2. The molecule has 0 spiro atoms. The van der Waals surface area contributed by atoms with Gasteiger partial charge in [-0.15, -0.1) is 0 Å². The summed E-state index contributed by atoms with van der Waals surface area (Å²) in [6.45, 7) is 4.15. The van der Waals surface area contributed by atoms with Gasteiger partial charge in [-0.05, 0) is 62.7 Å². The maximum Gasteiger partial charge on any atom is 0.240 e. The van der Waals surface area contributed by atoms with E-state index < -0.39 is 16.1 Å². The number of aliphatic hydroxyl groups excluding tert-OH is 1. The van der Waals surface area contributed by atoms with Crippen LogP contribution in [0.4, 0.5) is 0 Å². The maximum absolute atomic E-state index is 12.5. The third-order valence-electron chi connectivity index (χ3n) is 5.31. The lowest BCUT2D eigenvalue weighted by molar-refractivity contribution is -0.0182. The molecule has 1 heterocycles. The molecule has 0 saturated carbocycles. The standard InChI is InChI=1S/C22H29ClN2O4S/c1-17(18-7-9-19(23)10-8-18)29-16-21(26)15-25-13-11-20(12-14-25)24-30(27,28)22-5-3-2-4-6-22/h2-10,17,20-21,24,26H,11-16H2,1H3/t17-,21-/m1/s1. The molecule has 2 N–H and O–H groups in total. The Hall–Kier alpha value is -1.48. The molecule has 30 heavy (non-hydrogen) atoms. The second-order valence-electron chi connectivity index (χ2n) is 7.69. The van der Waals surface area contributed by atoms with E-state index in [9.17, 15) is 13.5 Å². The number of halogens is 1. The first-order chi connectivity index (χ1) is 14.3. The molecule has 1 aliphatic rings. The molecule has 0 unspecified atom stereocenters. The second kappa shape index (κ2) is 10.7. The van der Waals surface area contributed by atoms with Gasteiger partial charge in [-0.2, -0.15) is 0 Å². The Balaban J connectivity index is 1.39. The van der Waals surface area contributed by atoms with E-state index in [0.717, 1.165) is 18.7 Å². The van der Waals surface area contributed by atoms with Gasteiger partial charge in [0.05, 0.1) is 23.7 Å². The molecule has 1 saturated heterocycles. The van der Waals surface area contributed by atoms with Crippen molar-refractivity contribution in [2.75, 3.05) is 26.2 Å². The number of rotatable bonds is 9. The van der Waals surface area contributed by atoms with Gasteiger partial charge in [0.1, 0.15) is 0 Å². The van der Waals surface area contributed by atoms with Crippen LogP contribution in [0, 0.1) is 0 Å². The molecule has 0 bridgehead atoms. The van der Waals surface area contributed by atoms with Crippen LogP contribution in [0.2, 0.25) is 5.02 Å². The van der Waals surface area contributed by atoms with Crippen LogP contribution < -0.4 is 4.72 Å². The molecule has 0 radical (unpaired) electrons. The first-order valence-corrected chi connectivity index (χ1v) is 12.0. The van der Waals surface area contributed by atoms with Crippen LogP contribution in [-0.4, -0.2) is 56.8 Å². The van der Waals surface area contributed by atoms with Crippen LogP contribution in [0.3, 0.4) is 0 Å². The summed E-state index contributed by atoms with van der Waals surface area (Å²) < 4.78 is 33.5. The van der Waals surface area contributed by atoms with Crippen molar-refractivity contribution in [2.45, 2.75) is 42.9 Å². The number of nitrogens with zero attached hydrogens (tertiary/aromatic N) is 1. The predicted octanol–water partition coefficient (Wildman–Crippen LogP) is 3.22. The van der Waals surface area contributed by atoms with E-state index >= 15 is 0 Å². The predicted molar refractivity (Wildman–Crippen MR) is 118 cm³/mol. The molecule has 6 nitrogen and oxygen atoms in total. The monoisotopic (exact) mass is 452 g/mol. The second-order valence-corrected chi connectivity index (χ2v) is 9.84. The van der Waals surface area contributed by atoms with Crippen molar-refractivity contribution >= 4 is 21.6 Å². The molecule has 2 aromatic carbocycles. The summed E-state index contributed by atoms with van der Waals surface area (Å²) in [4.78, 5) is 2.43. The number of β-amino-alcohol motifs (C(OH)–C–C–N with tert-alkyl or cyclic N) is 1. The third kappa shape index (κ3) is 6.77.